The average Bonchev–Trinajstić information content (AvgIpc) is 3.16. The van der Waals surface area contributed by atoms with Crippen molar-refractivity contribution < 1.29 is 10.3 Å². The number of anilines is 1. The Morgan fingerprint density at radius 3 is 2.18 bits per heavy atom. The zero-order valence-corrected chi connectivity index (χ0v) is 20.5. The van der Waals surface area contributed by atoms with Gasteiger partial charge < -0.3 is 15.7 Å². The van der Waals surface area contributed by atoms with E-state index in [4.69, 9.17) is 11.6 Å². The first-order valence-electron chi connectivity index (χ1n) is 10.1. The summed E-state index contributed by atoms with van der Waals surface area (Å²) in [6.45, 7) is 5.72. The predicted molar refractivity (Wildman–Crippen MR) is 136 cm³/mol. The lowest BCUT2D eigenvalue weighted by Gasteiger charge is -2.29. The monoisotopic (exact) mass is 515 g/mol. The highest BCUT2D eigenvalue weighted by atomic mass is 35.5. The largest absolute Gasteiger partial charge is 0.412 e. The van der Waals surface area contributed by atoms with Crippen molar-refractivity contribution in [1.82, 2.24) is 19.7 Å². The maximum Gasteiger partial charge on any atom is 0.351 e. The number of hydrogen-bond acceptors (Lipinski definition) is 5. The molecule has 1 atom stereocenters. The van der Waals surface area contributed by atoms with Crippen molar-refractivity contribution >= 4 is 47.9 Å². The van der Waals surface area contributed by atoms with E-state index in [1.165, 1.54) is 15.6 Å². The molecule has 0 aliphatic carbocycles. The first kappa shape index (κ1) is 28.7. The van der Waals surface area contributed by atoms with Gasteiger partial charge in [-0.25, -0.2) is 14.0 Å². The minimum Gasteiger partial charge on any atom is -0.412 e. The van der Waals surface area contributed by atoms with E-state index >= 15 is 0 Å². The van der Waals surface area contributed by atoms with Crippen LogP contribution in [0.1, 0.15) is 29.7 Å². The van der Waals surface area contributed by atoms with E-state index in [2.05, 4.69) is 15.3 Å². The molecule has 0 spiro atoms. The molecule has 1 aliphatic rings. The van der Waals surface area contributed by atoms with E-state index in [0.717, 1.165) is 37.6 Å². The molecule has 33 heavy (non-hydrogen) atoms. The summed E-state index contributed by atoms with van der Waals surface area (Å²) in [6, 6.07) is 13.9. The van der Waals surface area contributed by atoms with Gasteiger partial charge in [-0.1, -0.05) is 18.5 Å². The van der Waals surface area contributed by atoms with Gasteiger partial charge >= 0.3 is 5.69 Å². The van der Waals surface area contributed by atoms with E-state index in [1.54, 1.807) is 24.3 Å². The number of aromatic nitrogens is 3. The van der Waals surface area contributed by atoms with Crippen molar-refractivity contribution in [3.63, 3.8) is 0 Å². The number of nitrogens with one attached hydrogen (secondary N) is 1. The highest BCUT2D eigenvalue weighted by Gasteiger charge is 2.24. The predicted octanol–water partition coefficient (Wildman–Crippen LogP) is 2.95. The first-order chi connectivity index (χ1) is 14.6. The standard InChI is InChI=1S/C22H24ClN5O2.2ClH.H2O/c1-2-20(21(29)16-3-5-17(23)6-4-16)28-22(30)27(15-25-28)19-9-7-18(8-10-19)26-13-11-24-12-14-26;;;/h3-10,15,20,24H,2,11-14H2,1H3;2*1H;1H2. The second-order valence-corrected chi connectivity index (χ2v) is 7.71. The Balaban J connectivity index is 0.00000181. The van der Waals surface area contributed by atoms with Crippen LogP contribution in [0, 0.1) is 0 Å². The van der Waals surface area contributed by atoms with Gasteiger partial charge in [0.15, 0.2) is 5.78 Å². The molecule has 2 aromatic carbocycles. The van der Waals surface area contributed by atoms with Crippen LogP contribution in [0.4, 0.5) is 5.69 Å². The topological polar surface area (TPSA) is 104 Å². The molecule has 0 amide bonds. The van der Waals surface area contributed by atoms with Gasteiger partial charge in [-0.15, -0.1) is 24.8 Å². The van der Waals surface area contributed by atoms with Gasteiger partial charge in [0.25, 0.3) is 0 Å². The fourth-order valence-electron chi connectivity index (χ4n) is 3.73. The lowest BCUT2D eigenvalue weighted by atomic mass is 10.0. The van der Waals surface area contributed by atoms with Gasteiger partial charge in [-0.2, -0.15) is 5.10 Å². The van der Waals surface area contributed by atoms with Crippen molar-refractivity contribution in [3.05, 3.63) is 75.9 Å². The molecule has 0 radical (unpaired) electrons. The fourth-order valence-corrected chi connectivity index (χ4v) is 3.86. The third kappa shape index (κ3) is 6.16. The minimum absolute atomic E-state index is 0. The molecule has 1 aromatic heterocycles. The molecule has 180 valence electrons. The van der Waals surface area contributed by atoms with Crippen LogP contribution in [0.15, 0.2) is 59.7 Å². The summed E-state index contributed by atoms with van der Waals surface area (Å²) in [7, 11) is 0. The van der Waals surface area contributed by atoms with Crippen molar-refractivity contribution in [2.75, 3.05) is 31.1 Å². The van der Waals surface area contributed by atoms with Crippen LogP contribution >= 0.6 is 36.4 Å². The zero-order chi connectivity index (χ0) is 21.1. The molecule has 11 heteroatoms. The Hall–Kier alpha value is -2.36. The third-order valence-corrected chi connectivity index (χ3v) is 5.67. The minimum atomic E-state index is -0.667. The van der Waals surface area contributed by atoms with Gasteiger partial charge in [0.1, 0.15) is 12.4 Å². The van der Waals surface area contributed by atoms with E-state index in [1.807, 2.05) is 31.2 Å². The number of piperazine rings is 1. The van der Waals surface area contributed by atoms with E-state index in [-0.39, 0.29) is 41.8 Å². The zero-order valence-electron chi connectivity index (χ0n) is 18.1. The number of ketones is 1. The molecule has 8 nitrogen and oxygen atoms in total. The van der Waals surface area contributed by atoms with E-state index in [0.29, 0.717) is 17.0 Å². The maximum absolute atomic E-state index is 13.0. The second-order valence-electron chi connectivity index (χ2n) is 7.28. The molecule has 3 N–H and O–H groups in total. The molecule has 1 saturated heterocycles. The van der Waals surface area contributed by atoms with Crippen molar-refractivity contribution in [2.45, 2.75) is 19.4 Å². The normalized spacial score (nSPS) is 13.8. The highest BCUT2D eigenvalue weighted by Crippen LogP contribution is 2.20. The van der Waals surface area contributed by atoms with Crippen LogP contribution in [0.2, 0.25) is 5.02 Å². The van der Waals surface area contributed by atoms with Crippen molar-refractivity contribution in [3.8, 4) is 5.69 Å². The highest BCUT2D eigenvalue weighted by molar-refractivity contribution is 6.30. The SMILES string of the molecule is CCC(C(=O)c1ccc(Cl)cc1)n1ncn(-c2ccc(N3CCNCC3)cc2)c1=O.Cl.Cl.O. The summed E-state index contributed by atoms with van der Waals surface area (Å²) in [5.41, 5.74) is 2.02. The van der Waals surface area contributed by atoms with E-state index < -0.39 is 6.04 Å². The van der Waals surface area contributed by atoms with Crippen LogP contribution in [0.5, 0.6) is 0 Å². The summed E-state index contributed by atoms with van der Waals surface area (Å²) in [6.07, 6.45) is 1.93. The molecule has 1 fully saturated rings. The summed E-state index contributed by atoms with van der Waals surface area (Å²) >= 11 is 5.92. The molecule has 1 unspecified atom stereocenters. The molecule has 4 rings (SSSR count). The fraction of sp³-hybridized carbons (Fsp3) is 0.318. The van der Waals surface area contributed by atoms with Crippen molar-refractivity contribution in [1.29, 1.82) is 0 Å². The van der Waals surface area contributed by atoms with Crippen LogP contribution in [0.3, 0.4) is 0 Å². The summed E-state index contributed by atoms with van der Waals surface area (Å²) < 4.78 is 2.74. The quantitative estimate of drug-likeness (QED) is 0.507. The number of rotatable bonds is 6. The Labute approximate surface area is 209 Å². The maximum atomic E-state index is 13.0. The lowest BCUT2D eigenvalue weighted by molar-refractivity contribution is 0.0911. The summed E-state index contributed by atoms with van der Waals surface area (Å²) in [4.78, 5) is 28.3. The van der Waals surface area contributed by atoms with E-state index in [9.17, 15) is 9.59 Å². The number of hydrogen-bond donors (Lipinski definition) is 1. The Kier molecular flexibility index (Phi) is 11.1. The number of Topliss-reactive ketones (excluding diaryl/α,β-unsaturated/α-hetero) is 1. The van der Waals surface area contributed by atoms with Crippen LogP contribution in [0.25, 0.3) is 5.69 Å². The third-order valence-electron chi connectivity index (χ3n) is 5.42. The van der Waals surface area contributed by atoms with Crippen LogP contribution < -0.4 is 15.9 Å². The molecule has 0 saturated carbocycles. The number of nitrogens with zero attached hydrogens (tertiary/aromatic N) is 4. The molecular formula is C22H28Cl3N5O3. The molecule has 0 bridgehead atoms. The smallest absolute Gasteiger partial charge is 0.351 e. The Bertz CT molecular complexity index is 1080. The van der Waals surface area contributed by atoms with Crippen molar-refractivity contribution in [2.24, 2.45) is 0 Å². The first-order valence-corrected chi connectivity index (χ1v) is 10.5. The van der Waals surface area contributed by atoms with Gasteiger partial charge in [-0.3, -0.25) is 4.79 Å². The van der Waals surface area contributed by atoms with Crippen LogP contribution in [-0.2, 0) is 0 Å². The number of halogens is 3. The molecule has 3 aromatic rings. The Morgan fingerprint density at radius 2 is 1.61 bits per heavy atom. The number of carbonyl (C=O) groups excluding carboxylic acids is 1. The van der Waals surface area contributed by atoms with Gasteiger partial charge in [-0.05, 0) is 55.0 Å². The average molecular weight is 517 g/mol. The molecular weight excluding hydrogens is 489 g/mol. The molecule has 1 aliphatic heterocycles. The van der Waals surface area contributed by atoms with Gasteiger partial charge in [0.05, 0.1) is 5.69 Å². The summed E-state index contributed by atoms with van der Waals surface area (Å²) in [5, 5.41) is 8.14. The number of benzene rings is 2. The van der Waals surface area contributed by atoms with Gasteiger partial charge in [0.2, 0.25) is 0 Å². The Morgan fingerprint density at radius 1 is 1.03 bits per heavy atom. The lowest BCUT2D eigenvalue weighted by Crippen LogP contribution is -2.43. The van der Waals surface area contributed by atoms with Crippen LogP contribution in [-0.4, -0.2) is 51.8 Å². The summed E-state index contributed by atoms with van der Waals surface area (Å²) in [5.74, 6) is -0.157. The molecule has 2 heterocycles. The van der Waals surface area contributed by atoms with Gasteiger partial charge in [0, 0.05) is 42.5 Å². The number of carbonyl (C=O) groups is 1. The second kappa shape index (κ2) is 12.8.